The molecule has 1 heterocycles. The zero-order chi connectivity index (χ0) is 12.3. The summed E-state index contributed by atoms with van der Waals surface area (Å²) in [6.07, 6.45) is 1.00. The SMILES string of the molecule is COC(=O)CNCC1Cc2cc(C)ccc2O1. The van der Waals surface area contributed by atoms with Crippen LogP contribution in [-0.2, 0) is 16.0 Å². The molecule has 4 nitrogen and oxygen atoms in total. The third kappa shape index (κ3) is 2.97. The number of rotatable bonds is 4. The standard InChI is InChI=1S/C13H17NO3/c1-9-3-4-12-10(5-9)6-11(17-12)7-14-8-13(15)16-2/h3-5,11,14H,6-8H2,1-2H3. The number of esters is 1. The fourth-order valence-corrected chi connectivity index (χ4v) is 1.97. The van der Waals surface area contributed by atoms with E-state index in [2.05, 4.69) is 23.0 Å². The Labute approximate surface area is 101 Å². The highest BCUT2D eigenvalue weighted by Gasteiger charge is 2.22. The Bertz CT molecular complexity index is 417. The lowest BCUT2D eigenvalue weighted by molar-refractivity contribution is -0.139. The molecule has 1 aromatic carbocycles. The van der Waals surface area contributed by atoms with Gasteiger partial charge in [0.05, 0.1) is 13.7 Å². The molecule has 0 fully saturated rings. The Kier molecular flexibility index (Phi) is 3.64. The molecule has 0 saturated heterocycles. The van der Waals surface area contributed by atoms with Crippen LogP contribution in [0.5, 0.6) is 5.75 Å². The number of ether oxygens (including phenoxy) is 2. The molecule has 0 aliphatic carbocycles. The van der Waals surface area contributed by atoms with Crippen LogP contribution < -0.4 is 10.1 Å². The van der Waals surface area contributed by atoms with Crippen molar-refractivity contribution in [3.8, 4) is 5.75 Å². The second kappa shape index (κ2) is 5.19. The molecular weight excluding hydrogens is 218 g/mol. The Morgan fingerprint density at radius 2 is 2.41 bits per heavy atom. The van der Waals surface area contributed by atoms with Crippen molar-refractivity contribution in [2.24, 2.45) is 0 Å². The average molecular weight is 235 g/mol. The number of hydrogen-bond acceptors (Lipinski definition) is 4. The van der Waals surface area contributed by atoms with E-state index >= 15 is 0 Å². The first-order valence-electron chi connectivity index (χ1n) is 5.73. The number of fused-ring (bicyclic) bond motifs is 1. The van der Waals surface area contributed by atoms with Gasteiger partial charge in [-0.15, -0.1) is 0 Å². The van der Waals surface area contributed by atoms with Gasteiger partial charge in [0.2, 0.25) is 0 Å². The van der Waals surface area contributed by atoms with Crippen molar-refractivity contribution in [1.29, 1.82) is 0 Å². The molecule has 0 bridgehead atoms. The molecule has 0 amide bonds. The lowest BCUT2D eigenvalue weighted by Crippen LogP contribution is -2.33. The highest BCUT2D eigenvalue weighted by atomic mass is 16.5. The van der Waals surface area contributed by atoms with E-state index in [-0.39, 0.29) is 18.6 Å². The van der Waals surface area contributed by atoms with Gasteiger partial charge in [-0.3, -0.25) is 4.79 Å². The molecule has 0 spiro atoms. The van der Waals surface area contributed by atoms with Crippen molar-refractivity contribution in [1.82, 2.24) is 5.32 Å². The van der Waals surface area contributed by atoms with E-state index in [0.717, 1.165) is 12.2 Å². The second-order valence-electron chi connectivity index (χ2n) is 4.26. The highest BCUT2D eigenvalue weighted by molar-refractivity contribution is 5.71. The van der Waals surface area contributed by atoms with Crippen molar-refractivity contribution in [2.75, 3.05) is 20.2 Å². The van der Waals surface area contributed by atoms with Gasteiger partial charge in [-0.2, -0.15) is 0 Å². The largest absolute Gasteiger partial charge is 0.488 e. The van der Waals surface area contributed by atoms with E-state index < -0.39 is 0 Å². The normalized spacial score (nSPS) is 17.4. The topological polar surface area (TPSA) is 47.6 Å². The minimum Gasteiger partial charge on any atom is -0.488 e. The minimum absolute atomic E-state index is 0.108. The first kappa shape index (κ1) is 11.9. The Hall–Kier alpha value is -1.55. The fraction of sp³-hybridized carbons (Fsp3) is 0.462. The summed E-state index contributed by atoms with van der Waals surface area (Å²) in [6, 6.07) is 6.20. The molecule has 1 N–H and O–H groups in total. The van der Waals surface area contributed by atoms with Gasteiger partial charge in [0.25, 0.3) is 0 Å². The average Bonchev–Trinajstić information content (AvgIpc) is 2.70. The van der Waals surface area contributed by atoms with Crippen LogP contribution >= 0.6 is 0 Å². The number of benzene rings is 1. The van der Waals surface area contributed by atoms with Crippen LogP contribution in [0.1, 0.15) is 11.1 Å². The summed E-state index contributed by atoms with van der Waals surface area (Å²) in [5.41, 5.74) is 2.49. The summed E-state index contributed by atoms with van der Waals surface area (Å²) < 4.78 is 10.3. The first-order chi connectivity index (χ1) is 8.19. The lowest BCUT2D eigenvalue weighted by atomic mass is 10.1. The van der Waals surface area contributed by atoms with Crippen molar-refractivity contribution >= 4 is 5.97 Å². The van der Waals surface area contributed by atoms with Crippen LogP contribution in [0.3, 0.4) is 0 Å². The Morgan fingerprint density at radius 3 is 3.18 bits per heavy atom. The van der Waals surface area contributed by atoms with E-state index in [0.29, 0.717) is 6.54 Å². The van der Waals surface area contributed by atoms with Crippen molar-refractivity contribution in [3.63, 3.8) is 0 Å². The Morgan fingerprint density at radius 1 is 1.59 bits per heavy atom. The van der Waals surface area contributed by atoms with Crippen LogP contribution in [0.4, 0.5) is 0 Å². The molecule has 1 aliphatic rings. The minimum atomic E-state index is -0.253. The monoisotopic (exact) mass is 235 g/mol. The van der Waals surface area contributed by atoms with Gasteiger partial charge in [0.1, 0.15) is 11.9 Å². The third-order valence-corrected chi connectivity index (χ3v) is 2.83. The quantitative estimate of drug-likeness (QED) is 0.793. The van der Waals surface area contributed by atoms with Gasteiger partial charge in [0.15, 0.2) is 0 Å². The molecule has 1 aliphatic heterocycles. The number of aryl methyl sites for hydroxylation is 1. The molecule has 0 aromatic heterocycles. The maximum absolute atomic E-state index is 10.9. The van der Waals surface area contributed by atoms with Crippen molar-refractivity contribution in [2.45, 2.75) is 19.4 Å². The molecule has 1 aromatic rings. The number of methoxy groups -OCH3 is 1. The van der Waals surface area contributed by atoms with E-state index in [1.54, 1.807) is 0 Å². The van der Waals surface area contributed by atoms with Crippen LogP contribution in [0, 0.1) is 6.92 Å². The van der Waals surface area contributed by atoms with Crippen LogP contribution in [-0.4, -0.2) is 32.3 Å². The van der Waals surface area contributed by atoms with Crippen LogP contribution in [0.25, 0.3) is 0 Å². The smallest absolute Gasteiger partial charge is 0.319 e. The van der Waals surface area contributed by atoms with E-state index in [9.17, 15) is 4.79 Å². The number of carbonyl (C=O) groups is 1. The molecule has 92 valence electrons. The van der Waals surface area contributed by atoms with Crippen LogP contribution in [0.15, 0.2) is 18.2 Å². The van der Waals surface area contributed by atoms with Gasteiger partial charge in [-0.05, 0) is 18.6 Å². The third-order valence-electron chi connectivity index (χ3n) is 2.83. The van der Waals surface area contributed by atoms with E-state index in [1.165, 1.54) is 18.2 Å². The molecule has 0 saturated carbocycles. The number of nitrogens with one attached hydrogen (secondary N) is 1. The lowest BCUT2D eigenvalue weighted by Gasteiger charge is -2.10. The Balaban J connectivity index is 1.82. The van der Waals surface area contributed by atoms with Crippen LogP contribution in [0.2, 0.25) is 0 Å². The molecule has 4 heteroatoms. The maximum atomic E-state index is 10.9. The summed E-state index contributed by atoms with van der Waals surface area (Å²) in [5.74, 6) is 0.705. The van der Waals surface area contributed by atoms with Gasteiger partial charge in [-0.1, -0.05) is 17.7 Å². The summed E-state index contributed by atoms with van der Waals surface area (Å²) in [4.78, 5) is 10.9. The van der Waals surface area contributed by atoms with Crippen molar-refractivity contribution < 1.29 is 14.3 Å². The summed E-state index contributed by atoms with van der Waals surface area (Å²) in [7, 11) is 1.38. The summed E-state index contributed by atoms with van der Waals surface area (Å²) >= 11 is 0. The molecule has 1 atom stereocenters. The zero-order valence-corrected chi connectivity index (χ0v) is 10.2. The van der Waals surface area contributed by atoms with Gasteiger partial charge in [-0.25, -0.2) is 0 Å². The molecular formula is C13H17NO3. The summed E-state index contributed by atoms with van der Waals surface area (Å²) in [6.45, 7) is 2.96. The van der Waals surface area contributed by atoms with Gasteiger partial charge >= 0.3 is 5.97 Å². The second-order valence-corrected chi connectivity index (χ2v) is 4.26. The predicted molar refractivity (Wildman–Crippen MR) is 64.2 cm³/mol. The van der Waals surface area contributed by atoms with Gasteiger partial charge < -0.3 is 14.8 Å². The fourth-order valence-electron chi connectivity index (χ4n) is 1.97. The zero-order valence-electron chi connectivity index (χ0n) is 10.2. The van der Waals surface area contributed by atoms with E-state index in [1.807, 2.05) is 12.1 Å². The summed E-state index contributed by atoms with van der Waals surface area (Å²) in [5, 5.41) is 3.03. The molecule has 2 rings (SSSR count). The molecule has 17 heavy (non-hydrogen) atoms. The molecule has 0 radical (unpaired) electrons. The number of hydrogen-bond donors (Lipinski definition) is 1. The van der Waals surface area contributed by atoms with Gasteiger partial charge in [0, 0.05) is 13.0 Å². The molecule has 1 unspecified atom stereocenters. The maximum Gasteiger partial charge on any atom is 0.319 e. The first-order valence-corrected chi connectivity index (χ1v) is 5.73. The predicted octanol–water partition coefficient (Wildman–Crippen LogP) is 1.06. The number of carbonyl (C=O) groups excluding carboxylic acids is 1. The van der Waals surface area contributed by atoms with Crippen molar-refractivity contribution in [3.05, 3.63) is 29.3 Å². The highest BCUT2D eigenvalue weighted by Crippen LogP contribution is 2.29. The van der Waals surface area contributed by atoms with E-state index in [4.69, 9.17) is 4.74 Å².